The van der Waals surface area contributed by atoms with Gasteiger partial charge in [-0.3, -0.25) is 0 Å². The normalized spacial score (nSPS) is 21.6. The van der Waals surface area contributed by atoms with E-state index in [2.05, 4.69) is 33.5 Å². The Kier molecular flexibility index (Phi) is 5.22. The number of carboxylic acid groups (broad SMARTS) is 1. The summed E-state index contributed by atoms with van der Waals surface area (Å²) < 4.78 is 0.659. The molecule has 0 spiro atoms. The van der Waals surface area contributed by atoms with Crippen molar-refractivity contribution < 1.29 is 14.7 Å². The molecule has 1 aromatic rings. The van der Waals surface area contributed by atoms with Crippen molar-refractivity contribution >= 4 is 33.6 Å². The van der Waals surface area contributed by atoms with E-state index in [0.29, 0.717) is 10.2 Å². The number of carboxylic acids is 1. The summed E-state index contributed by atoms with van der Waals surface area (Å²) in [7, 11) is 0. The van der Waals surface area contributed by atoms with Gasteiger partial charge in [0.15, 0.2) is 0 Å². The first-order chi connectivity index (χ1) is 9.95. The van der Waals surface area contributed by atoms with Gasteiger partial charge in [0, 0.05) is 10.5 Å². The number of halogens is 1. The van der Waals surface area contributed by atoms with Crippen molar-refractivity contribution in [2.45, 2.75) is 38.6 Å². The Morgan fingerprint density at radius 2 is 1.90 bits per heavy atom. The fourth-order valence-corrected chi connectivity index (χ4v) is 2.91. The van der Waals surface area contributed by atoms with Gasteiger partial charge in [0.05, 0.1) is 11.3 Å². The maximum Gasteiger partial charge on any atom is 0.337 e. The molecular formula is C15H19BrN2O3. The van der Waals surface area contributed by atoms with E-state index >= 15 is 0 Å². The van der Waals surface area contributed by atoms with E-state index in [-0.39, 0.29) is 17.6 Å². The highest BCUT2D eigenvalue weighted by atomic mass is 79.9. The molecule has 114 valence electrons. The van der Waals surface area contributed by atoms with Crippen molar-refractivity contribution in [2.75, 3.05) is 5.32 Å². The summed E-state index contributed by atoms with van der Waals surface area (Å²) in [4.78, 5) is 23.2. The standard InChI is InChI=1S/C15H19BrN2O3/c1-9-2-5-11(6-3-9)17-15(21)18-13-7-4-10(16)8-12(13)14(19)20/h4,7-9,11H,2-3,5-6H2,1H3,(H,19,20)(H2,17,18,21). The zero-order valence-electron chi connectivity index (χ0n) is 11.9. The Morgan fingerprint density at radius 3 is 2.52 bits per heavy atom. The van der Waals surface area contributed by atoms with Crippen molar-refractivity contribution in [3.05, 3.63) is 28.2 Å². The van der Waals surface area contributed by atoms with Gasteiger partial charge in [-0.1, -0.05) is 22.9 Å². The molecule has 1 aliphatic rings. The molecule has 0 saturated heterocycles. The van der Waals surface area contributed by atoms with E-state index in [1.807, 2.05) is 0 Å². The Bertz CT molecular complexity index is 540. The quantitative estimate of drug-likeness (QED) is 0.771. The highest BCUT2D eigenvalue weighted by Crippen LogP contribution is 2.24. The van der Waals surface area contributed by atoms with Crippen LogP contribution in [0.1, 0.15) is 43.0 Å². The van der Waals surface area contributed by atoms with Gasteiger partial charge in [0.2, 0.25) is 0 Å². The van der Waals surface area contributed by atoms with E-state index in [1.54, 1.807) is 12.1 Å². The minimum absolute atomic E-state index is 0.0665. The second kappa shape index (κ2) is 6.93. The van der Waals surface area contributed by atoms with Gasteiger partial charge >= 0.3 is 12.0 Å². The van der Waals surface area contributed by atoms with E-state index < -0.39 is 5.97 Å². The summed E-state index contributed by atoms with van der Waals surface area (Å²) in [5, 5.41) is 14.7. The average molecular weight is 355 g/mol. The van der Waals surface area contributed by atoms with Crippen molar-refractivity contribution in [3.8, 4) is 0 Å². The molecule has 3 N–H and O–H groups in total. The molecule has 0 bridgehead atoms. The second-order valence-corrected chi connectivity index (χ2v) is 6.47. The molecule has 0 aromatic heterocycles. The highest BCUT2D eigenvalue weighted by Gasteiger charge is 2.20. The van der Waals surface area contributed by atoms with Crippen LogP contribution in [0.2, 0.25) is 0 Å². The fourth-order valence-electron chi connectivity index (χ4n) is 2.55. The number of nitrogens with one attached hydrogen (secondary N) is 2. The molecular weight excluding hydrogens is 336 g/mol. The third kappa shape index (κ3) is 4.46. The lowest BCUT2D eigenvalue weighted by Gasteiger charge is -2.27. The first-order valence-electron chi connectivity index (χ1n) is 7.06. The predicted molar refractivity (Wildman–Crippen MR) is 84.7 cm³/mol. The van der Waals surface area contributed by atoms with E-state index in [0.717, 1.165) is 31.6 Å². The molecule has 0 aliphatic heterocycles. The number of carbonyl (C=O) groups is 2. The van der Waals surface area contributed by atoms with Crippen LogP contribution in [0, 0.1) is 5.92 Å². The zero-order valence-corrected chi connectivity index (χ0v) is 13.4. The SMILES string of the molecule is CC1CCC(NC(=O)Nc2ccc(Br)cc2C(=O)O)CC1. The molecule has 0 radical (unpaired) electrons. The number of amides is 2. The molecule has 1 fully saturated rings. The molecule has 2 amide bonds. The fraction of sp³-hybridized carbons (Fsp3) is 0.467. The number of hydrogen-bond acceptors (Lipinski definition) is 2. The number of urea groups is 1. The van der Waals surface area contributed by atoms with Crippen molar-refractivity contribution in [3.63, 3.8) is 0 Å². The van der Waals surface area contributed by atoms with E-state index in [1.165, 1.54) is 6.07 Å². The van der Waals surface area contributed by atoms with Crippen LogP contribution in [0.3, 0.4) is 0 Å². The smallest absolute Gasteiger partial charge is 0.337 e. The number of hydrogen-bond donors (Lipinski definition) is 3. The van der Waals surface area contributed by atoms with Crippen LogP contribution in [0.25, 0.3) is 0 Å². The lowest BCUT2D eigenvalue weighted by molar-refractivity contribution is 0.0698. The number of benzene rings is 1. The summed E-state index contributed by atoms with van der Waals surface area (Å²) in [6.07, 6.45) is 4.18. The third-order valence-corrected chi connectivity index (χ3v) is 4.30. The van der Waals surface area contributed by atoms with Crippen LogP contribution in [0.15, 0.2) is 22.7 Å². The summed E-state index contributed by atoms with van der Waals surface area (Å²) in [5.41, 5.74) is 0.365. The lowest BCUT2D eigenvalue weighted by atomic mass is 9.87. The monoisotopic (exact) mass is 354 g/mol. The Hall–Kier alpha value is -1.56. The second-order valence-electron chi connectivity index (χ2n) is 5.55. The molecule has 5 nitrogen and oxygen atoms in total. The Morgan fingerprint density at radius 1 is 1.24 bits per heavy atom. The molecule has 2 rings (SSSR count). The van der Waals surface area contributed by atoms with Crippen LogP contribution in [0.4, 0.5) is 10.5 Å². The predicted octanol–water partition coefficient (Wildman–Crippen LogP) is 3.85. The van der Waals surface area contributed by atoms with Gasteiger partial charge in [-0.05, 0) is 49.8 Å². The van der Waals surface area contributed by atoms with E-state index in [4.69, 9.17) is 5.11 Å². The van der Waals surface area contributed by atoms with Gasteiger partial charge in [-0.25, -0.2) is 9.59 Å². The summed E-state index contributed by atoms with van der Waals surface area (Å²) >= 11 is 3.22. The molecule has 6 heteroatoms. The van der Waals surface area contributed by atoms with Gasteiger partial charge in [-0.15, -0.1) is 0 Å². The number of rotatable bonds is 3. The van der Waals surface area contributed by atoms with Gasteiger partial charge in [-0.2, -0.15) is 0 Å². The summed E-state index contributed by atoms with van der Waals surface area (Å²) in [5.74, 6) is -0.353. The van der Waals surface area contributed by atoms with Crippen molar-refractivity contribution in [1.29, 1.82) is 0 Å². The minimum Gasteiger partial charge on any atom is -0.478 e. The Labute approximate surface area is 132 Å². The summed E-state index contributed by atoms with van der Waals surface area (Å²) in [6.45, 7) is 2.22. The molecule has 0 unspecified atom stereocenters. The van der Waals surface area contributed by atoms with Crippen molar-refractivity contribution in [1.82, 2.24) is 5.32 Å². The largest absolute Gasteiger partial charge is 0.478 e. The van der Waals surface area contributed by atoms with Crippen LogP contribution in [0.5, 0.6) is 0 Å². The van der Waals surface area contributed by atoms with Crippen LogP contribution in [-0.2, 0) is 0 Å². The van der Waals surface area contributed by atoms with Gasteiger partial charge in [0.1, 0.15) is 0 Å². The van der Waals surface area contributed by atoms with Gasteiger partial charge < -0.3 is 15.7 Å². The number of carbonyl (C=O) groups excluding carboxylic acids is 1. The minimum atomic E-state index is -1.07. The maximum atomic E-state index is 12.0. The third-order valence-electron chi connectivity index (χ3n) is 3.81. The molecule has 0 heterocycles. The molecule has 1 aromatic carbocycles. The average Bonchev–Trinajstić information content (AvgIpc) is 2.43. The van der Waals surface area contributed by atoms with Crippen LogP contribution >= 0.6 is 15.9 Å². The lowest BCUT2D eigenvalue weighted by Crippen LogP contribution is -2.40. The topological polar surface area (TPSA) is 78.4 Å². The Balaban J connectivity index is 1.98. The molecule has 1 aliphatic carbocycles. The number of aromatic carboxylic acids is 1. The number of anilines is 1. The van der Waals surface area contributed by atoms with Crippen LogP contribution < -0.4 is 10.6 Å². The maximum absolute atomic E-state index is 12.0. The molecule has 0 atom stereocenters. The van der Waals surface area contributed by atoms with E-state index in [9.17, 15) is 9.59 Å². The van der Waals surface area contributed by atoms with Crippen LogP contribution in [-0.4, -0.2) is 23.1 Å². The zero-order chi connectivity index (χ0) is 15.4. The molecule has 1 saturated carbocycles. The van der Waals surface area contributed by atoms with Crippen molar-refractivity contribution in [2.24, 2.45) is 5.92 Å². The highest BCUT2D eigenvalue weighted by molar-refractivity contribution is 9.10. The molecule has 21 heavy (non-hydrogen) atoms. The first kappa shape index (κ1) is 15.8. The summed E-state index contributed by atoms with van der Waals surface area (Å²) in [6, 6.07) is 4.57. The first-order valence-corrected chi connectivity index (χ1v) is 7.85. The van der Waals surface area contributed by atoms with Gasteiger partial charge in [0.25, 0.3) is 0 Å².